The van der Waals surface area contributed by atoms with Gasteiger partial charge in [0.05, 0.1) is 18.8 Å². The molecular weight excluding hydrogens is 246 g/mol. The predicted molar refractivity (Wildman–Crippen MR) is 69.9 cm³/mol. The number of pyridine rings is 1. The molecule has 0 aliphatic carbocycles. The number of amides is 1. The van der Waals surface area contributed by atoms with E-state index < -0.39 is 17.9 Å². The highest BCUT2D eigenvalue weighted by molar-refractivity contribution is 6.01. The van der Waals surface area contributed by atoms with Crippen LogP contribution in [0.25, 0.3) is 0 Å². The van der Waals surface area contributed by atoms with Gasteiger partial charge in [-0.15, -0.1) is 0 Å². The van der Waals surface area contributed by atoms with Gasteiger partial charge in [0.15, 0.2) is 6.04 Å². The van der Waals surface area contributed by atoms with Crippen molar-refractivity contribution >= 4 is 11.9 Å². The molecular formula is C13H19N3O3. The zero-order valence-corrected chi connectivity index (χ0v) is 11.2. The SMILES string of the molecule is CCOC(=O)C(N)C(=O)N(CC)Cc1ccccn1. The van der Waals surface area contributed by atoms with Crippen LogP contribution < -0.4 is 5.73 Å². The second-order valence-corrected chi connectivity index (χ2v) is 3.90. The highest BCUT2D eigenvalue weighted by Crippen LogP contribution is 2.03. The van der Waals surface area contributed by atoms with Crippen molar-refractivity contribution in [2.45, 2.75) is 26.4 Å². The fourth-order valence-corrected chi connectivity index (χ4v) is 1.56. The number of aromatic nitrogens is 1. The fourth-order valence-electron chi connectivity index (χ4n) is 1.56. The smallest absolute Gasteiger partial charge is 0.332 e. The van der Waals surface area contributed by atoms with Crippen LogP contribution in [0.5, 0.6) is 0 Å². The third kappa shape index (κ3) is 4.33. The molecule has 1 aromatic heterocycles. The number of ether oxygens (including phenoxy) is 1. The van der Waals surface area contributed by atoms with Crippen LogP contribution in [0.15, 0.2) is 24.4 Å². The Morgan fingerprint density at radius 1 is 1.42 bits per heavy atom. The highest BCUT2D eigenvalue weighted by atomic mass is 16.5. The quantitative estimate of drug-likeness (QED) is 0.591. The summed E-state index contributed by atoms with van der Waals surface area (Å²) in [6.07, 6.45) is 1.65. The van der Waals surface area contributed by atoms with Crippen molar-refractivity contribution in [3.63, 3.8) is 0 Å². The lowest BCUT2D eigenvalue weighted by Gasteiger charge is -2.23. The van der Waals surface area contributed by atoms with Gasteiger partial charge in [0.25, 0.3) is 5.91 Å². The molecule has 0 aliphatic heterocycles. The van der Waals surface area contributed by atoms with Gasteiger partial charge < -0.3 is 15.4 Å². The first kappa shape index (κ1) is 15.1. The fraction of sp³-hybridized carbons (Fsp3) is 0.462. The molecule has 0 bridgehead atoms. The van der Waals surface area contributed by atoms with E-state index in [0.717, 1.165) is 5.69 Å². The first-order chi connectivity index (χ1) is 9.10. The third-order valence-corrected chi connectivity index (χ3v) is 2.58. The summed E-state index contributed by atoms with van der Waals surface area (Å²) in [5.41, 5.74) is 6.33. The molecule has 1 unspecified atom stereocenters. The van der Waals surface area contributed by atoms with Crippen LogP contribution >= 0.6 is 0 Å². The first-order valence-electron chi connectivity index (χ1n) is 6.21. The van der Waals surface area contributed by atoms with Crippen LogP contribution in [-0.2, 0) is 20.9 Å². The number of nitrogens with two attached hydrogens (primary N) is 1. The molecule has 0 radical (unpaired) electrons. The summed E-state index contributed by atoms with van der Waals surface area (Å²) in [5.74, 6) is -1.15. The minimum Gasteiger partial charge on any atom is -0.464 e. The summed E-state index contributed by atoms with van der Waals surface area (Å²) < 4.78 is 4.74. The van der Waals surface area contributed by atoms with Gasteiger partial charge in [-0.1, -0.05) is 6.07 Å². The summed E-state index contributed by atoms with van der Waals surface area (Å²) in [6.45, 7) is 4.46. The Balaban J connectivity index is 2.69. The van der Waals surface area contributed by atoms with E-state index in [9.17, 15) is 9.59 Å². The summed E-state index contributed by atoms with van der Waals surface area (Å²) >= 11 is 0. The number of likely N-dealkylation sites (N-methyl/N-ethyl adjacent to an activating group) is 1. The second-order valence-electron chi connectivity index (χ2n) is 3.90. The Morgan fingerprint density at radius 3 is 2.68 bits per heavy atom. The molecule has 0 fully saturated rings. The van der Waals surface area contributed by atoms with Crippen molar-refractivity contribution in [1.29, 1.82) is 0 Å². The number of nitrogens with zero attached hydrogens (tertiary/aromatic N) is 2. The third-order valence-electron chi connectivity index (χ3n) is 2.58. The predicted octanol–water partition coefficient (Wildman–Crippen LogP) is 0.321. The standard InChI is InChI=1S/C13H19N3O3/c1-3-16(9-10-7-5-6-8-15-10)12(17)11(14)13(18)19-4-2/h5-8,11H,3-4,9,14H2,1-2H3. The molecule has 0 saturated heterocycles. The van der Waals surface area contributed by atoms with E-state index in [0.29, 0.717) is 13.1 Å². The summed E-state index contributed by atoms with van der Waals surface area (Å²) in [6, 6.07) is 4.17. The van der Waals surface area contributed by atoms with Gasteiger partial charge >= 0.3 is 5.97 Å². The van der Waals surface area contributed by atoms with Crippen molar-refractivity contribution in [1.82, 2.24) is 9.88 Å². The molecule has 1 rings (SSSR count). The van der Waals surface area contributed by atoms with E-state index in [1.807, 2.05) is 19.1 Å². The molecule has 1 aromatic rings. The van der Waals surface area contributed by atoms with Crippen LogP contribution in [0.1, 0.15) is 19.5 Å². The number of rotatable bonds is 6. The molecule has 1 atom stereocenters. The largest absolute Gasteiger partial charge is 0.464 e. The Hall–Kier alpha value is -1.95. The Labute approximate surface area is 112 Å². The van der Waals surface area contributed by atoms with Gasteiger partial charge in [-0.2, -0.15) is 0 Å². The topological polar surface area (TPSA) is 85.5 Å². The van der Waals surface area contributed by atoms with Crippen molar-refractivity contribution in [3.05, 3.63) is 30.1 Å². The van der Waals surface area contributed by atoms with Gasteiger partial charge in [-0.05, 0) is 26.0 Å². The first-order valence-corrected chi connectivity index (χ1v) is 6.21. The second kappa shape index (κ2) is 7.48. The van der Waals surface area contributed by atoms with Crippen molar-refractivity contribution in [3.8, 4) is 0 Å². The number of hydrogen-bond acceptors (Lipinski definition) is 5. The van der Waals surface area contributed by atoms with Gasteiger partial charge in [0, 0.05) is 12.7 Å². The molecule has 2 N–H and O–H groups in total. The van der Waals surface area contributed by atoms with E-state index in [1.165, 1.54) is 4.90 Å². The molecule has 0 aromatic carbocycles. The minimum atomic E-state index is -1.27. The van der Waals surface area contributed by atoms with Crippen molar-refractivity contribution in [2.75, 3.05) is 13.2 Å². The maximum absolute atomic E-state index is 12.1. The Kier molecular flexibility index (Phi) is 5.95. The van der Waals surface area contributed by atoms with E-state index in [-0.39, 0.29) is 6.61 Å². The molecule has 104 valence electrons. The highest BCUT2D eigenvalue weighted by Gasteiger charge is 2.27. The number of carbonyl (C=O) groups is 2. The minimum absolute atomic E-state index is 0.201. The molecule has 1 amide bonds. The maximum Gasteiger partial charge on any atom is 0.332 e. The zero-order chi connectivity index (χ0) is 14.3. The average molecular weight is 265 g/mol. The molecule has 0 saturated carbocycles. The van der Waals surface area contributed by atoms with Crippen LogP contribution in [-0.4, -0.2) is 41.0 Å². The van der Waals surface area contributed by atoms with Gasteiger partial charge in [-0.3, -0.25) is 9.78 Å². The van der Waals surface area contributed by atoms with Crippen LogP contribution in [0, 0.1) is 0 Å². The molecule has 6 nitrogen and oxygen atoms in total. The summed E-state index contributed by atoms with van der Waals surface area (Å²) in [5, 5.41) is 0. The van der Waals surface area contributed by atoms with Crippen molar-refractivity contribution < 1.29 is 14.3 Å². The number of esters is 1. The van der Waals surface area contributed by atoms with Crippen molar-refractivity contribution in [2.24, 2.45) is 5.73 Å². The normalized spacial score (nSPS) is 11.7. The van der Waals surface area contributed by atoms with Gasteiger partial charge in [-0.25, -0.2) is 4.79 Å². The molecule has 1 heterocycles. The summed E-state index contributed by atoms with van der Waals surface area (Å²) in [7, 11) is 0. The van der Waals surface area contributed by atoms with Gasteiger partial charge in [0.1, 0.15) is 0 Å². The number of hydrogen-bond donors (Lipinski definition) is 1. The summed E-state index contributed by atoms with van der Waals surface area (Å²) in [4.78, 5) is 29.1. The molecule has 0 aliphatic rings. The monoisotopic (exact) mass is 265 g/mol. The maximum atomic E-state index is 12.1. The van der Waals surface area contributed by atoms with Crippen LogP contribution in [0.3, 0.4) is 0 Å². The van der Waals surface area contributed by atoms with Crippen LogP contribution in [0.2, 0.25) is 0 Å². The average Bonchev–Trinajstić information content (AvgIpc) is 2.44. The lowest BCUT2D eigenvalue weighted by atomic mass is 10.2. The van der Waals surface area contributed by atoms with Crippen LogP contribution in [0.4, 0.5) is 0 Å². The lowest BCUT2D eigenvalue weighted by Crippen LogP contribution is -2.48. The van der Waals surface area contributed by atoms with Gasteiger partial charge in [0.2, 0.25) is 0 Å². The van der Waals surface area contributed by atoms with E-state index >= 15 is 0 Å². The molecule has 6 heteroatoms. The zero-order valence-electron chi connectivity index (χ0n) is 11.2. The Morgan fingerprint density at radius 2 is 2.16 bits per heavy atom. The Bertz CT molecular complexity index is 422. The number of carbonyl (C=O) groups excluding carboxylic acids is 2. The molecule has 19 heavy (non-hydrogen) atoms. The van der Waals surface area contributed by atoms with E-state index in [2.05, 4.69) is 4.98 Å². The molecule has 0 spiro atoms. The van der Waals surface area contributed by atoms with E-state index in [1.54, 1.807) is 19.2 Å². The van der Waals surface area contributed by atoms with E-state index in [4.69, 9.17) is 10.5 Å². The lowest BCUT2D eigenvalue weighted by molar-refractivity contribution is -0.151.